The topological polar surface area (TPSA) is 78.4 Å². The Morgan fingerprint density at radius 2 is 2.00 bits per heavy atom. The first-order valence-electron chi connectivity index (χ1n) is 6.18. The maximum atomic E-state index is 10.7. The second kappa shape index (κ2) is 5.30. The van der Waals surface area contributed by atoms with Gasteiger partial charge >= 0.3 is 5.97 Å². The predicted octanol–water partition coefficient (Wildman–Crippen LogP) is 1.76. The van der Waals surface area contributed by atoms with E-state index in [4.69, 9.17) is 5.11 Å². The van der Waals surface area contributed by atoms with Gasteiger partial charge in [-0.3, -0.25) is 0 Å². The largest absolute Gasteiger partial charge is 0.476 e. The lowest BCUT2D eigenvalue weighted by Gasteiger charge is -2.38. The van der Waals surface area contributed by atoms with Crippen LogP contribution >= 0.6 is 0 Å². The van der Waals surface area contributed by atoms with Gasteiger partial charge in [-0.2, -0.15) is 0 Å². The van der Waals surface area contributed by atoms with Gasteiger partial charge < -0.3 is 10.5 Å². The van der Waals surface area contributed by atoms with Crippen molar-refractivity contribution in [3.63, 3.8) is 0 Å². The second-order valence-electron chi connectivity index (χ2n) is 4.74. The Balaban J connectivity index is 2.06. The number of hydrazine groups is 1. The van der Waals surface area contributed by atoms with Crippen LogP contribution in [0.15, 0.2) is 12.4 Å². The Bertz CT molecular complexity index is 411. The highest BCUT2D eigenvalue weighted by molar-refractivity contribution is 5.84. The van der Waals surface area contributed by atoms with Crippen molar-refractivity contribution in [2.45, 2.75) is 45.2 Å². The van der Waals surface area contributed by atoms with Crippen molar-refractivity contribution >= 4 is 11.8 Å². The van der Waals surface area contributed by atoms with Crippen LogP contribution < -0.4 is 5.43 Å². The lowest BCUT2D eigenvalue weighted by molar-refractivity contribution is 0.0690. The van der Waals surface area contributed by atoms with Gasteiger partial charge in [0.2, 0.25) is 0 Å². The van der Waals surface area contributed by atoms with Crippen molar-refractivity contribution in [1.82, 2.24) is 15.0 Å². The molecule has 6 heteroatoms. The van der Waals surface area contributed by atoms with E-state index in [-0.39, 0.29) is 5.69 Å². The molecule has 0 spiro atoms. The van der Waals surface area contributed by atoms with Crippen LogP contribution in [-0.4, -0.2) is 38.1 Å². The van der Waals surface area contributed by atoms with Gasteiger partial charge in [0.1, 0.15) is 0 Å². The number of rotatable bonds is 3. The average Bonchev–Trinajstić information content (AvgIpc) is 2.34. The number of nitrogens with zero attached hydrogens (tertiary/aromatic N) is 3. The van der Waals surface area contributed by atoms with E-state index >= 15 is 0 Å². The molecule has 18 heavy (non-hydrogen) atoms. The average molecular weight is 250 g/mol. The fraction of sp³-hybridized carbons (Fsp3) is 0.583. The molecule has 1 aliphatic heterocycles. The zero-order chi connectivity index (χ0) is 13.1. The predicted molar refractivity (Wildman–Crippen MR) is 67.2 cm³/mol. The molecule has 1 aromatic rings. The molecule has 1 aromatic heterocycles. The summed E-state index contributed by atoms with van der Waals surface area (Å²) in [5, 5.41) is 10.9. The number of anilines is 1. The van der Waals surface area contributed by atoms with Crippen molar-refractivity contribution in [1.29, 1.82) is 0 Å². The molecule has 0 aliphatic carbocycles. The summed E-state index contributed by atoms with van der Waals surface area (Å²) < 4.78 is 0. The first-order chi connectivity index (χ1) is 8.58. The van der Waals surface area contributed by atoms with Crippen LogP contribution in [0.1, 0.15) is 43.6 Å². The van der Waals surface area contributed by atoms with Crippen LogP contribution in [-0.2, 0) is 0 Å². The summed E-state index contributed by atoms with van der Waals surface area (Å²) in [6.45, 7) is 4.34. The lowest BCUT2D eigenvalue weighted by atomic mass is 10.00. The molecule has 6 nitrogen and oxygen atoms in total. The van der Waals surface area contributed by atoms with E-state index in [1.807, 2.05) is 0 Å². The third kappa shape index (κ3) is 2.76. The fourth-order valence-corrected chi connectivity index (χ4v) is 2.27. The van der Waals surface area contributed by atoms with Crippen LogP contribution in [0.5, 0.6) is 0 Å². The molecule has 2 heterocycles. The molecule has 0 radical (unpaired) electrons. The molecular formula is C12H18N4O2. The van der Waals surface area contributed by atoms with Gasteiger partial charge in [-0.1, -0.05) is 6.42 Å². The highest BCUT2D eigenvalue weighted by Gasteiger charge is 2.24. The third-order valence-electron chi connectivity index (χ3n) is 3.31. The van der Waals surface area contributed by atoms with Gasteiger partial charge in [-0.05, 0) is 26.7 Å². The molecule has 2 atom stereocenters. The summed E-state index contributed by atoms with van der Waals surface area (Å²) >= 11 is 0. The van der Waals surface area contributed by atoms with E-state index in [0.717, 1.165) is 12.8 Å². The molecule has 2 unspecified atom stereocenters. The zero-order valence-electron chi connectivity index (χ0n) is 10.6. The molecule has 0 aromatic carbocycles. The molecule has 0 saturated carbocycles. The molecule has 0 amide bonds. The van der Waals surface area contributed by atoms with Crippen molar-refractivity contribution in [2.24, 2.45) is 0 Å². The number of carboxylic acid groups (broad SMARTS) is 1. The van der Waals surface area contributed by atoms with Gasteiger partial charge in [0.15, 0.2) is 11.5 Å². The summed E-state index contributed by atoms with van der Waals surface area (Å²) in [6.07, 6.45) is 6.27. The summed E-state index contributed by atoms with van der Waals surface area (Å²) in [5.41, 5.74) is 3.17. The molecular weight excluding hydrogens is 232 g/mol. The zero-order valence-corrected chi connectivity index (χ0v) is 10.6. The quantitative estimate of drug-likeness (QED) is 0.851. The van der Waals surface area contributed by atoms with Gasteiger partial charge in [0.25, 0.3) is 0 Å². The van der Waals surface area contributed by atoms with Crippen LogP contribution in [0, 0.1) is 0 Å². The van der Waals surface area contributed by atoms with Crippen LogP contribution in [0.25, 0.3) is 0 Å². The Morgan fingerprint density at radius 3 is 2.50 bits per heavy atom. The number of hydrogen-bond acceptors (Lipinski definition) is 5. The number of carbonyl (C=O) groups is 1. The van der Waals surface area contributed by atoms with Crippen LogP contribution in [0.3, 0.4) is 0 Å². The standard InChI is InChI=1S/C12H18N4O2/c1-8-4-3-5-9(2)16(8)15-11-7-13-10(6-14-11)12(17)18/h6-9H,3-5H2,1-2H3,(H,14,15)(H,17,18). The first kappa shape index (κ1) is 12.8. The molecule has 1 fully saturated rings. The monoisotopic (exact) mass is 250 g/mol. The Morgan fingerprint density at radius 1 is 1.33 bits per heavy atom. The minimum Gasteiger partial charge on any atom is -0.476 e. The number of carboxylic acids is 1. The number of hydrogen-bond donors (Lipinski definition) is 2. The van der Waals surface area contributed by atoms with E-state index in [0.29, 0.717) is 17.9 Å². The normalized spacial score (nSPS) is 24.8. The smallest absolute Gasteiger partial charge is 0.356 e. The lowest BCUT2D eigenvalue weighted by Crippen LogP contribution is -2.47. The fourth-order valence-electron chi connectivity index (χ4n) is 2.27. The Hall–Kier alpha value is -1.69. The van der Waals surface area contributed by atoms with Crippen molar-refractivity contribution in [2.75, 3.05) is 5.43 Å². The molecule has 2 rings (SSSR count). The number of piperidine rings is 1. The van der Waals surface area contributed by atoms with E-state index in [2.05, 4.69) is 34.3 Å². The minimum atomic E-state index is -1.06. The molecule has 0 bridgehead atoms. The number of aromatic nitrogens is 2. The van der Waals surface area contributed by atoms with Crippen LogP contribution in [0.2, 0.25) is 0 Å². The van der Waals surface area contributed by atoms with Gasteiger partial charge in [0, 0.05) is 12.1 Å². The first-order valence-corrected chi connectivity index (χ1v) is 6.18. The van der Waals surface area contributed by atoms with Crippen LogP contribution in [0.4, 0.5) is 5.82 Å². The summed E-state index contributed by atoms with van der Waals surface area (Å²) in [4.78, 5) is 18.6. The number of nitrogens with one attached hydrogen (secondary N) is 1. The Kier molecular flexibility index (Phi) is 3.76. The maximum absolute atomic E-state index is 10.7. The Labute approximate surface area is 106 Å². The molecule has 2 N–H and O–H groups in total. The van der Waals surface area contributed by atoms with E-state index < -0.39 is 5.97 Å². The SMILES string of the molecule is CC1CCCC(C)N1Nc1cnc(C(=O)O)cn1. The van der Waals surface area contributed by atoms with Gasteiger partial charge in [0.05, 0.1) is 12.4 Å². The summed E-state index contributed by atoms with van der Waals surface area (Å²) in [5.74, 6) is -0.477. The van der Waals surface area contributed by atoms with E-state index in [1.165, 1.54) is 18.8 Å². The van der Waals surface area contributed by atoms with Crippen molar-refractivity contribution < 1.29 is 9.90 Å². The number of aromatic carboxylic acids is 1. The maximum Gasteiger partial charge on any atom is 0.356 e. The minimum absolute atomic E-state index is 0.0414. The third-order valence-corrected chi connectivity index (χ3v) is 3.31. The highest BCUT2D eigenvalue weighted by Crippen LogP contribution is 2.22. The van der Waals surface area contributed by atoms with E-state index in [9.17, 15) is 4.79 Å². The second-order valence-corrected chi connectivity index (χ2v) is 4.74. The van der Waals surface area contributed by atoms with E-state index in [1.54, 1.807) is 0 Å². The van der Waals surface area contributed by atoms with Crippen molar-refractivity contribution in [3.05, 3.63) is 18.1 Å². The van der Waals surface area contributed by atoms with Gasteiger partial charge in [-0.15, -0.1) is 0 Å². The highest BCUT2D eigenvalue weighted by atomic mass is 16.4. The van der Waals surface area contributed by atoms with Crippen molar-refractivity contribution in [3.8, 4) is 0 Å². The summed E-state index contributed by atoms with van der Waals surface area (Å²) in [7, 11) is 0. The summed E-state index contributed by atoms with van der Waals surface area (Å²) in [6, 6.07) is 0.879. The molecule has 1 aliphatic rings. The molecule has 1 saturated heterocycles. The molecule has 98 valence electrons. The van der Waals surface area contributed by atoms with Gasteiger partial charge in [-0.25, -0.2) is 19.8 Å².